The number of carbonyl (C=O) groups is 2. The first-order valence-corrected chi connectivity index (χ1v) is 16.1. The predicted molar refractivity (Wildman–Crippen MR) is 187 cm³/mol. The Kier molecular flexibility index (Phi) is 9.43. The molecule has 0 unspecified atom stereocenters. The summed E-state index contributed by atoms with van der Waals surface area (Å²) in [7, 11) is 3.68. The molecule has 1 aliphatic heterocycles. The van der Waals surface area contributed by atoms with Gasteiger partial charge in [0.1, 0.15) is 5.69 Å². The van der Waals surface area contributed by atoms with Crippen LogP contribution in [0.2, 0.25) is 0 Å². The quantitative estimate of drug-likeness (QED) is 0.211. The van der Waals surface area contributed by atoms with Crippen molar-refractivity contribution >= 4 is 28.5 Å². The largest absolute Gasteiger partial charge is 0.394 e. The maximum absolute atomic E-state index is 14.5. The molecular weight excluding hydrogens is 588 g/mol. The molecule has 0 radical (unpaired) electrons. The monoisotopic (exact) mass is 630 g/mol. The van der Waals surface area contributed by atoms with E-state index in [0.29, 0.717) is 31.1 Å². The molecule has 0 saturated carbocycles. The average Bonchev–Trinajstić information content (AvgIpc) is 3.39. The van der Waals surface area contributed by atoms with Crippen LogP contribution in [0, 0.1) is 5.92 Å². The van der Waals surface area contributed by atoms with Gasteiger partial charge in [0.2, 0.25) is 0 Å². The minimum atomic E-state index is -0.424. The van der Waals surface area contributed by atoms with Gasteiger partial charge in [0, 0.05) is 55.3 Å². The maximum atomic E-state index is 14.5. The Bertz CT molecular complexity index is 1870. The molecule has 5 aromatic rings. The number of amides is 3. The van der Waals surface area contributed by atoms with Crippen molar-refractivity contribution < 1.29 is 19.4 Å². The molecule has 0 aliphatic carbocycles. The SMILES string of the molecule is C[C@@H]1CN([C@@H](C)CO)C(=O)c2c(c3ccccc3n2C)-c2ccccc2CO[C@@H]1CN(C)C(=O)Nc1ccc(-c2ccccc2)cc1. The van der Waals surface area contributed by atoms with Crippen molar-refractivity contribution in [3.63, 3.8) is 0 Å². The number of nitrogens with one attached hydrogen (secondary N) is 1. The zero-order chi connectivity index (χ0) is 33.1. The molecule has 3 atom stereocenters. The van der Waals surface area contributed by atoms with E-state index in [9.17, 15) is 14.7 Å². The zero-order valence-corrected chi connectivity index (χ0v) is 27.4. The highest BCUT2D eigenvalue weighted by molar-refractivity contribution is 6.10. The topological polar surface area (TPSA) is 87.0 Å². The van der Waals surface area contributed by atoms with E-state index in [1.807, 2.05) is 116 Å². The summed E-state index contributed by atoms with van der Waals surface area (Å²) in [5, 5.41) is 14.3. The van der Waals surface area contributed by atoms with E-state index < -0.39 is 12.1 Å². The first kappa shape index (κ1) is 32.0. The van der Waals surface area contributed by atoms with Crippen molar-refractivity contribution in [2.45, 2.75) is 32.6 Å². The molecule has 0 fully saturated rings. The van der Waals surface area contributed by atoms with Crippen molar-refractivity contribution in [3.05, 3.63) is 114 Å². The van der Waals surface area contributed by atoms with Crippen molar-refractivity contribution in [1.29, 1.82) is 0 Å². The molecule has 1 aromatic heterocycles. The van der Waals surface area contributed by atoms with Gasteiger partial charge >= 0.3 is 6.03 Å². The highest BCUT2D eigenvalue weighted by Gasteiger charge is 2.34. The predicted octanol–water partition coefficient (Wildman–Crippen LogP) is 7.03. The highest BCUT2D eigenvalue weighted by Crippen LogP contribution is 2.38. The van der Waals surface area contributed by atoms with Crippen LogP contribution in [0.1, 0.15) is 29.9 Å². The van der Waals surface area contributed by atoms with Crippen molar-refractivity contribution in [2.24, 2.45) is 13.0 Å². The molecule has 8 nitrogen and oxygen atoms in total. The Hall–Kier alpha value is -4.92. The van der Waals surface area contributed by atoms with Gasteiger partial charge in [0.05, 0.1) is 25.4 Å². The molecule has 1 aliphatic rings. The Morgan fingerprint density at radius 3 is 2.36 bits per heavy atom. The normalized spacial score (nSPS) is 17.4. The molecule has 47 heavy (non-hydrogen) atoms. The molecular formula is C39H42N4O4. The number of ether oxygens (including phenoxy) is 1. The van der Waals surface area contributed by atoms with E-state index in [4.69, 9.17) is 4.74 Å². The number of nitrogens with zero attached hydrogens (tertiary/aromatic N) is 3. The molecule has 0 bridgehead atoms. The van der Waals surface area contributed by atoms with Gasteiger partial charge in [-0.3, -0.25) is 4.79 Å². The summed E-state index contributed by atoms with van der Waals surface area (Å²) in [6, 6.07) is 33.3. The third-order valence-corrected chi connectivity index (χ3v) is 9.27. The van der Waals surface area contributed by atoms with Gasteiger partial charge in [0.15, 0.2) is 0 Å². The Morgan fingerprint density at radius 2 is 1.62 bits per heavy atom. The van der Waals surface area contributed by atoms with E-state index in [2.05, 4.69) is 17.4 Å². The summed E-state index contributed by atoms with van der Waals surface area (Å²) < 4.78 is 8.62. The van der Waals surface area contributed by atoms with E-state index >= 15 is 0 Å². The zero-order valence-electron chi connectivity index (χ0n) is 27.4. The summed E-state index contributed by atoms with van der Waals surface area (Å²) in [6.07, 6.45) is -0.390. The van der Waals surface area contributed by atoms with Gasteiger partial charge in [0.25, 0.3) is 5.91 Å². The van der Waals surface area contributed by atoms with Crippen LogP contribution in [0.15, 0.2) is 103 Å². The van der Waals surface area contributed by atoms with Gasteiger partial charge in [-0.15, -0.1) is 0 Å². The van der Waals surface area contributed by atoms with E-state index in [-0.39, 0.29) is 24.5 Å². The fourth-order valence-electron chi connectivity index (χ4n) is 6.47. The van der Waals surface area contributed by atoms with Gasteiger partial charge in [-0.2, -0.15) is 0 Å². The second-order valence-corrected chi connectivity index (χ2v) is 12.5. The molecule has 4 aromatic carbocycles. The number of aliphatic hydroxyl groups is 1. The number of aliphatic hydroxyl groups excluding tert-OH is 1. The van der Waals surface area contributed by atoms with Crippen LogP contribution in [-0.2, 0) is 18.4 Å². The first-order chi connectivity index (χ1) is 22.8. The lowest BCUT2D eigenvalue weighted by Crippen LogP contribution is -2.48. The lowest BCUT2D eigenvalue weighted by molar-refractivity contribution is -0.0179. The van der Waals surface area contributed by atoms with Crippen LogP contribution in [0.25, 0.3) is 33.2 Å². The Morgan fingerprint density at radius 1 is 0.957 bits per heavy atom. The molecule has 2 N–H and O–H groups in total. The molecule has 0 saturated heterocycles. The molecule has 2 heterocycles. The third-order valence-electron chi connectivity index (χ3n) is 9.27. The maximum Gasteiger partial charge on any atom is 0.321 e. The number of hydrogen-bond acceptors (Lipinski definition) is 4. The fraction of sp³-hybridized carbons (Fsp3) is 0.282. The lowest BCUT2D eigenvalue weighted by atomic mass is 9.96. The van der Waals surface area contributed by atoms with Crippen molar-refractivity contribution in [2.75, 3.05) is 32.1 Å². The number of aromatic nitrogens is 1. The highest BCUT2D eigenvalue weighted by atomic mass is 16.5. The van der Waals surface area contributed by atoms with Crippen LogP contribution >= 0.6 is 0 Å². The van der Waals surface area contributed by atoms with Gasteiger partial charge in [-0.05, 0) is 47.4 Å². The van der Waals surface area contributed by atoms with Gasteiger partial charge in [-0.1, -0.05) is 91.9 Å². The first-order valence-electron chi connectivity index (χ1n) is 16.1. The second-order valence-electron chi connectivity index (χ2n) is 12.5. The number of anilines is 1. The number of fused-ring (bicyclic) bond motifs is 5. The Labute approximate surface area is 276 Å². The summed E-state index contributed by atoms with van der Waals surface area (Å²) in [5.41, 5.74) is 7.19. The average molecular weight is 631 g/mol. The summed E-state index contributed by atoms with van der Waals surface area (Å²) in [6.45, 7) is 4.69. The lowest BCUT2D eigenvalue weighted by Gasteiger charge is -2.35. The van der Waals surface area contributed by atoms with Crippen LogP contribution in [0.3, 0.4) is 0 Å². The standard InChI is InChI=1S/C39H42N4O4/c1-26-22-43(27(2)24-44)38(45)37-36(33-16-10-11-17-34(33)42(37)4)32-15-9-8-14-30(32)25-47-35(26)23-41(3)39(46)40-31-20-18-29(19-21-31)28-12-6-5-7-13-28/h5-21,26-27,35,44H,22-25H2,1-4H3,(H,40,46)/t26-,27+,35-/m1/s1. The van der Waals surface area contributed by atoms with Crippen LogP contribution < -0.4 is 5.32 Å². The van der Waals surface area contributed by atoms with Crippen molar-refractivity contribution in [1.82, 2.24) is 14.4 Å². The van der Waals surface area contributed by atoms with Crippen LogP contribution in [0.5, 0.6) is 0 Å². The van der Waals surface area contributed by atoms with E-state index in [1.54, 1.807) is 16.8 Å². The minimum absolute atomic E-state index is 0.146. The summed E-state index contributed by atoms with van der Waals surface area (Å²) >= 11 is 0. The number of carbonyl (C=O) groups excluding carboxylic acids is 2. The molecule has 6 rings (SSSR count). The second kappa shape index (κ2) is 13.8. The third kappa shape index (κ3) is 6.52. The number of likely N-dealkylation sites (N-methyl/N-ethyl adjacent to an activating group) is 1. The number of benzene rings is 4. The van der Waals surface area contributed by atoms with E-state index in [0.717, 1.165) is 38.7 Å². The summed E-state index contributed by atoms with van der Waals surface area (Å²) in [5.74, 6) is -0.302. The number of rotatable bonds is 6. The summed E-state index contributed by atoms with van der Waals surface area (Å²) in [4.78, 5) is 31.3. The number of aryl methyl sites for hydroxylation is 1. The number of para-hydroxylation sites is 1. The van der Waals surface area contributed by atoms with E-state index in [1.165, 1.54) is 0 Å². The number of urea groups is 1. The van der Waals surface area contributed by atoms with Gasteiger partial charge in [-0.25, -0.2) is 4.79 Å². The fourth-order valence-corrected chi connectivity index (χ4v) is 6.47. The molecule has 242 valence electrons. The molecule has 0 spiro atoms. The van der Waals surface area contributed by atoms with Gasteiger partial charge < -0.3 is 29.5 Å². The molecule has 8 heteroatoms. The minimum Gasteiger partial charge on any atom is -0.394 e. The number of hydrogen-bond donors (Lipinski definition) is 2. The van der Waals surface area contributed by atoms with Crippen molar-refractivity contribution in [3.8, 4) is 22.3 Å². The smallest absolute Gasteiger partial charge is 0.321 e. The Balaban J connectivity index is 1.29. The molecule has 3 amide bonds. The van der Waals surface area contributed by atoms with Crippen LogP contribution in [0.4, 0.5) is 10.5 Å². The van der Waals surface area contributed by atoms with Crippen LogP contribution in [-0.4, -0.2) is 70.3 Å².